The Morgan fingerprint density at radius 1 is 1.47 bits per heavy atom. The Bertz CT molecular complexity index is 432. The van der Waals surface area contributed by atoms with Crippen molar-refractivity contribution in [2.45, 2.75) is 33.2 Å². The predicted octanol–water partition coefficient (Wildman–Crippen LogP) is 2.02. The minimum Gasteiger partial charge on any atom is -0.384 e. The van der Waals surface area contributed by atoms with E-state index in [-0.39, 0.29) is 0 Å². The van der Waals surface area contributed by atoms with Crippen LogP contribution in [0, 0.1) is 19.8 Å². The fourth-order valence-electron chi connectivity index (χ4n) is 3.02. The number of hydrogen-bond acceptors (Lipinski definition) is 4. The summed E-state index contributed by atoms with van der Waals surface area (Å²) in [6.45, 7) is 7.67. The van der Waals surface area contributed by atoms with Crippen LogP contribution in [0.2, 0.25) is 0 Å². The van der Waals surface area contributed by atoms with Crippen LogP contribution in [0.25, 0.3) is 0 Å². The molecule has 1 aliphatic rings. The van der Waals surface area contributed by atoms with Gasteiger partial charge in [0.15, 0.2) is 0 Å². The standard InChI is InChI=1S/C15H25N3O/c1-11-7-15(14(8-16)12(2)17-11)18-6-4-5-13(9-18)10-19-3/h7,13H,4-6,8-10,16H2,1-3H3. The topological polar surface area (TPSA) is 51.4 Å². The van der Waals surface area contributed by atoms with Crippen LogP contribution in [-0.2, 0) is 11.3 Å². The normalized spacial score (nSPS) is 19.8. The summed E-state index contributed by atoms with van der Waals surface area (Å²) < 4.78 is 5.31. The Morgan fingerprint density at radius 3 is 2.95 bits per heavy atom. The smallest absolute Gasteiger partial charge is 0.0507 e. The van der Waals surface area contributed by atoms with Gasteiger partial charge in [-0.2, -0.15) is 0 Å². The number of hydrogen-bond donors (Lipinski definition) is 1. The fourth-order valence-corrected chi connectivity index (χ4v) is 3.02. The Kier molecular flexibility index (Phi) is 4.77. The van der Waals surface area contributed by atoms with Gasteiger partial charge in [0.05, 0.1) is 6.61 Å². The summed E-state index contributed by atoms with van der Waals surface area (Å²) in [4.78, 5) is 6.98. The second-order valence-electron chi connectivity index (χ2n) is 5.46. The van der Waals surface area contributed by atoms with E-state index < -0.39 is 0 Å². The van der Waals surface area contributed by atoms with Crippen LogP contribution in [0.1, 0.15) is 29.8 Å². The third-order valence-corrected chi connectivity index (χ3v) is 3.90. The molecule has 1 fully saturated rings. The zero-order valence-corrected chi connectivity index (χ0v) is 12.3. The van der Waals surface area contributed by atoms with Crippen molar-refractivity contribution >= 4 is 5.69 Å². The Balaban J connectivity index is 2.25. The molecule has 1 atom stereocenters. The number of aryl methyl sites for hydroxylation is 2. The summed E-state index contributed by atoms with van der Waals surface area (Å²) in [7, 11) is 1.78. The van der Waals surface area contributed by atoms with Crippen LogP contribution in [0.3, 0.4) is 0 Å². The first kappa shape index (κ1) is 14.3. The van der Waals surface area contributed by atoms with Gasteiger partial charge in [0.25, 0.3) is 0 Å². The Labute approximate surface area is 116 Å². The summed E-state index contributed by atoms with van der Waals surface area (Å²) in [6, 6.07) is 2.17. The first-order valence-corrected chi connectivity index (χ1v) is 7.06. The lowest BCUT2D eigenvalue weighted by Gasteiger charge is -2.35. The molecule has 0 spiro atoms. The molecule has 0 aliphatic carbocycles. The van der Waals surface area contributed by atoms with E-state index in [2.05, 4.69) is 22.9 Å². The van der Waals surface area contributed by atoms with E-state index in [4.69, 9.17) is 10.5 Å². The number of methoxy groups -OCH3 is 1. The summed E-state index contributed by atoms with van der Waals surface area (Å²) in [5, 5.41) is 0. The Morgan fingerprint density at radius 2 is 2.26 bits per heavy atom. The monoisotopic (exact) mass is 263 g/mol. The number of piperidine rings is 1. The molecule has 19 heavy (non-hydrogen) atoms. The van der Waals surface area contributed by atoms with E-state index in [0.29, 0.717) is 12.5 Å². The van der Waals surface area contributed by atoms with Gasteiger partial charge in [0, 0.05) is 49.4 Å². The molecule has 0 bridgehead atoms. The highest BCUT2D eigenvalue weighted by molar-refractivity contribution is 5.56. The third-order valence-electron chi connectivity index (χ3n) is 3.90. The molecular weight excluding hydrogens is 238 g/mol. The molecule has 0 aromatic carbocycles. The van der Waals surface area contributed by atoms with E-state index in [1.807, 2.05) is 6.92 Å². The molecule has 4 nitrogen and oxygen atoms in total. The molecule has 106 valence electrons. The van der Waals surface area contributed by atoms with Crippen molar-refractivity contribution in [3.05, 3.63) is 23.0 Å². The molecule has 1 saturated heterocycles. The third kappa shape index (κ3) is 3.25. The first-order chi connectivity index (χ1) is 9.15. The number of pyridine rings is 1. The van der Waals surface area contributed by atoms with E-state index >= 15 is 0 Å². The molecule has 1 aromatic rings. The summed E-state index contributed by atoms with van der Waals surface area (Å²) in [5.41, 5.74) is 10.5. The molecule has 2 heterocycles. The average molecular weight is 263 g/mol. The van der Waals surface area contributed by atoms with Gasteiger partial charge in [-0.15, -0.1) is 0 Å². The zero-order chi connectivity index (χ0) is 13.8. The molecule has 0 amide bonds. The van der Waals surface area contributed by atoms with E-state index in [1.54, 1.807) is 7.11 Å². The average Bonchev–Trinajstić information content (AvgIpc) is 2.38. The SMILES string of the molecule is COCC1CCCN(c2cc(C)nc(C)c2CN)C1. The number of ether oxygens (including phenoxy) is 1. The van der Waals surface area contributed by atoms with Crippen molar-refractivity contribution < 1.29 is 4.74 Å². The molecule has 2 rings (SSSR count). The first-order valence-electron chi connectivity index (χ1n) is 7.06. The molecule has 1 aliphatic heterocycles. The van der Waals surface area contributed by atoms with Gasteiger partial charge in [-0.25, -0.2) is 0 Å². The van der Waals surface area contributed by atoms with Crippen LogP contribution in [0.4, 0.5) is 5.69 Å². The lowest BCUT2D eigenvalue weighted by Crippen LogP contribution is -2.38. The van der Waals surface area contributed by atoms with Crippen LogP contribution < -0.4 is 10.6 Å². The molecule has 1 unspecified atom stereocenters. The summed E-state index contributed by atoms with van der Waals surface area (Å²) in [6.07, 6.45) is 2.48. The largest absolute Gasteiger partial charge is 0.384 e. The fraction of sp³-hybridized carbons (Fsp3) is 0.667. The van der Waals surface area contributed by atoms with Crippen LogP contribution >= 0.6 is 0 Å². The number of anilines is 1. The molecule has 4 heteroatoms. The maximum Gasteiger partial charge on any atom is 0.0507 e. The van der Waals surface area contributed by atoms with Crippen molar-refractivity contribution in [3.8, 4) is 0 Å². The highest BCUT2D eigenvalue weighted by Gasteiger charge is 2.22. The van der Waals surface area contributed by atoms with Crippen LogP contribution in [0.5, 0.6) is 0 Å². The van der Waals surface area contributed by atoms with Gasteiger partial charge < -0.3 is 15.4 Å². The van der Waals surface area contributed by atoms with Gasteiger partial charge in [0.1, 0.15) is 0 Å². The molecule has 0 saturated carbocycles. The number of rotatable bonds is 4. The molecule has 2 N–H and O–H groups in total. The minimum absolute atomic E-state index is 0.555. The van der Waals surface area contributed by atoms with Gasteiger partial charge >= 0.3 is 0 Å². The van der Waals surface area contributed by atoms with Crippen molar-refractivity contribution in [2.24, 2.45) is 11.7 Å². The van der Waals surface area contributed by atoms with Crippen molar-refractivity contribution in [1.82, 2.24) is 4.98 Å². The van der Waals surface area contributed by atoms with Crippen LogP contribution in [0.15, 0.2) is 6.07 Å². The van der Waals surface area contributed by atoms with Gasteiger partial charge in [-0.3, -0.25) is 4.98 Å². The van der Waals surface area contributed by atoms with Crippen molar-refractivity contribution in [3.63, 3.8) is 0 Å². The highest BCUT2D eigenvalue weighted by atomic mass is 16.5. The van der Waals surface area contributed by atoms with E-state index in [0.717, 1.165) is 31.1 Å². The van der Waals surface area contributed by atoms with Gasteiger partial charge in [-0.05, 0) is 38.7 Å². The Hall–Kier alpha value is -1.13. The molecule has 1 aromatic heterocycles. The van der Waals surface area contributed by atoms with E-state index in [9.17, 15) is 0 Å². The number of nitrogens with zero attached hydrogens (tertiary/aromatic N) is 2. The quantitative estimate of drug-likeness (QED) is 0.903. The second kappa shape index (κ2) is 6.35. The van der Waals surface area contributed by atoms with Crippen molar-refractivity contribution in [1.29, 1.82) is 0 Å². The van der Waals surface area contributed by atoms with Crippen LogP contribution in [-0.4, -0.2) is 31.8 Å². The minimum atomic E-state index is 0.555. The second-order valence-corrected chi connectivity index (χ2v) is 5.46. The maximum atomic E-state index is 5.91. The summed E-state index contributed by atoms with van der Waals surface area (Å²) >= 11 is 0. The summed E-state index contributed by atoms with van der Waals surface area (Å²) in [5.74, 6) is 0.623. The highest BCUT2D eigenvalue weighted by Crippen LogP contribution is 2.28. The van der Waals surface area contributed by atoms with Gasteiger partial charge in [-0.1, -0.05) is 0 Å². The number of aromatic nitrogens is 1. The lowest BCUT2D eigenvalue weighted by atomic mass is 9.97. The molecule has 0 radical (unpaired) electrons. The maximum absolute atomic E-state index is 5.91. The zero-order valence-electron chi connectivity index (χ0n) is 12.3. The lowest BCUT2D eigenvalue weighted by molar-refractivity contribution is 0.143. The van der Waals surface area contributed by atoms with E-state index in [1.165, 1.54) is 24.1 Å². The number of nitrogens with two attached hydrogens (primary N) is 1. The van der Waals surface area contributed by atoms with Crippen molar-refractivity contribution in [2.75, 3.05) is 31.7 Å². The predicted molar refractivity (Wildman–Crippen MR) is 78.4 cm³/mol. The molecular formula is C15H25N3O. The van der Waals surface area contributed by atoms with Gasteiger partial charge in [0.2, 0.25) is 0 Å².